The molecule has 1 atom stereocenters. The fourth-order valence-corrected chi connectivity index (χ4v) is 2.34. The second-order valence-corrected chi connectivity index (χ2v) is 5.92. The molecule has 0 aliphatic rings. The number of hydrogen-bond donors (Lipinski definition) is 1. The third-order valence-electron chi connectivity index (χ3n) is 3.50. The molecule has 9 nitrogen and oxygen atoms in total. The first-order chi connectivity index (χ1) is 13.3. The maximum atomic E-state index is 12.2. The van der Waals surface area contributed by atoms with Crippen molar-refractivity contribution < 1.29 is 28.7 Å². The number of nitro benzene ring substituents is 1. The number of nitrogens with one attached hydrogen (secondary N) is 1. The van der Waals surface area contributed by atoms with E-state index in [-0.39, 0.29) is 11.4 Å². The first-order valence-electron chi connectivity index (χ1n) is 8.02. The standard InChI is InChI=1S/C18H17ClN2O7/c1-11(18(23)20-13-9-12(19)7-8-15(13)26-2)28-17(22)10-27-16-6-4-3-5-14(16)21(24)25/h3-9,11H,10H2,1-2H3,(H,20,23)/t11-/m0/s1. The number of carbonyl (C=O) groups is 2. The van der Waals surface area contributed by atoms with Crippen molar-refractivity contribution in [1.82, 2.24) is 0 Å². The van der Waals surface area contributed by atoms with Gasteiger partial charge in [0.05, 0.1) is 17.7 Å². The number of nitrogens with zero attached hydrogens (tertiary/aromatic N) is 1. The van der Waals surface area contributed by atoms with E-state index in [1.165, 1.54) is 44.4 Å². The number of para-hydroxylation sites is 2. The molecule has 148 valence electrons. The van der Waals surface area contributed by atoms with Crippen LogP contribution >= 0.6 is 11.6 Å². The number of anilines is 1. The van der Waals surface area contributed by atoms with E-state index < -0.39 is 29.5 Å². The van der Waals surface area contributed by atoms with Crippen LogP contribution in [0.5, 0.6) is 11.5 Å². The molecule has 0 unspecified atom stereocenters. The van der Waals surface area contributed by atoms with E-state index in [9.17, 15) is 19.7 Å². The molecule has 0 aliphatic carbocycles. The van der Waals surface area contributed by atoms with Crippen LogP contribution in [0.4, 0.5) is 11.4 Å². The fraction of sp³-hybridized carbons (Fsp3) is 0.222. The van der Waals surface area contributed by atoms with Gasteiger partial charge in [-0.2, -0.15) is 0 Å². The number of nitro groups is 1. The Morgan fingerprint density at radius 3 is 2.61 bits per heavy atom. The zero-order chi connectivity index (χ0) is 20.7. The van der Waals surface area contributed by atoms with Gasteiger partial charge in [0, 0.05) is 11.1 Å². The highest BCUT2D eigenvalue weighted by molar-refractivity contribution is 6.31. The Bertz CT molecular complexity index is 888. The van der Waals surface area contributed by atoms with E-state index in [2.05, 4.69) is 5.32 Å². The van der Waals surface area contributed by atoms with E-state index in [1.54, 1.807) is 12.1 Å². The lowest BCUT2D eigenvalue weighted by Crippen LogP contribution is -2.31. The minimum atomic E-state index is -1.15. The Hall–Kier alpha value is -3.33. The molecule has 0 bridgehead atoms. The molecule has 1 amide bonds. The Kier molecular flexibility index (Phi) is 7.16. The quantitative estimate of drug-likeness (QED) is 0.405. The smallest absolute Gasteiger partial charge is 0.344 e. The maximum absolute atomic E-state index is 12.2. The third kappa shape index (κ3) is 5.58. The average molecular weight is 409 g/mol. The van der Waals surface area contributed by atoms with Gasteiger partial charge in [0.15, 0.2) is 18.5 Å². The SMILES string of the molecule is COc1ccc(Cl)cc1NC(=O)[C@H](C)OC(=O)COc1ccccc1[N+](=O)[O-]. The molecule has 1 N–H and O–H groups in total. The minimum absolute atomic E-state index is 0.0785. The number of carbonyl (C=O) groups excluding carboxylic acids is 2. The zero-order valence-corrected chi connectivity index (χ0v) is 15.8. The van der Waals surface area contributed by atoms with Gasteiger partial charge in [-0.15, -0.1) is 0 Å². The number of benzene rings is 2. The number of halogens is 1. The van der Waals surface area contributed by atoms with Crippen LogP contribution in [0, 0.1) is 10.1 Å². The summed E-state index contributed by atoms with van der Waals surface area (Å²) in [7, 11) is 1.43. The van der Waals surface area contributed by atoms with Gasteiger partial charge in [-0.3, -0.25) is 14.9 Å². The number of ether oxygens (including phenoxy) is 3. The lowest BCUT2D eigenvalue weighted by molar-refractivity contribution is -0.385. The van der Waals surface area contributed by atoms with Gasteiger partial charge >= 0.3 is 11.7 Å². The second-order valence-electron chi connectivity index (χ2n) is 5.48. The zero-order valence-electron chi connectivity index (χ0n) is 15.0. The molecule has 0 heterocycles. The molecular weight excluding hydrogens is 392 g/mol. The fourth-order valence-electron chi connectivity index (χ4n) is 2.16. The van der Waals surface area contributed by atoms with E-state index in [4.69, 9.17) is 25.8 Å². The van der Waals surface area contributed by atoms with Crippen molar-refractivity contribution in [3.05, 3.63) is 57.6 Å². The van der Waals surface area contributed by atoms with Gasteiger partial charge < -0.3 is 19.5 Å². The summed E-state index contributed by atoms with van der Waals surface area (Å²) in [5.41, 5.74) is 0.0354. The molecule has 0 aliphatic heterocycles. The average Bonchev–Trinajstić information content (AvgIpc) is 2.66. The van der Waals surface area contributed by atoms with E-state index in [0.717, 1.165) is 0 Å². The molecule has 2 aromatic carbocycles. The van der Waals surface area contributed by atoms with Crippen molar-refractivity contribution in [1.29, 1.82) is 0 Å². The summed E-state index contributed by atoms with van der Waals surface area (Å²) in [5.74, 6) is -1.17. The van der Waals surface area contributed by atoms with Crippen LogP contribution in [0.25, 0.3) is 0 Å². The van der Waals surface area contributed by atoms with Crippen LogP contribution in [0.15, 0.2) is 42.5 Å². The van der Waals surface area contributed by atoms with Gasteiger partial charge in [0.2, 0.25) is 0 Å². The Balaban J connectivity index is 1.93. The van der Waals surface area contributed by atoms with E-state index >= 15 is 0 Å². The van der Waals surface area contributed by atoms with E-state index in [1.807, 2.05) is 0 Å². The minimum Gasteiger partial charge on any atom is -0.495 e. The van der Waals surface area contributed by atoms with Gasteiger partial charge in [-0.25, -0.2) is 4.79 Å². The van der Waals surface area contributed by atoms with Crippen LogP contribution in [0.3, 0.4) is 0 Å². The number of rotatable bonds is 8. The van der Waals surface area contributed by atoms with Crippen molar-refractivity contribution in [3.63, 3.8) is 0 Å². The summed E-state index contributed by atoms with van der Waals surface area (Å²) in [6, 6.07) is 10.3. The maximum Gasteiger partial charge on any atom is 0.344 e. The summed E-state index contributed by atoms with van der Waals surface area (Å²) < 4.78 is 15.2. The lowest BCUT2D eigenvalue weighted by Gasteiger charge is -2.15. The molecule has 0 saturated heterocycles. The second kappa shape index (κ2) is 9.56. The number of amides is 1. The van der Waals surface area contributed by atoms with Gasteiger partial charge in [-0.05, 0) is 31.2 Å². The molecule has 0 fully saturated rings. The van der Waals surface area contributed by atoms with Crippen molar-refractivity contribution in [2.75, 3.05) is 19.0 Å². The Labute approximate surface area is 165 Å². The number of hydrogen-bond acceptors (Lipinski definition) is 7. The highest BCUT2D eigenvalue weighted by atomic mass is 35.5. The molecule has 2 rings (SSSR count). The molecule has 2 aromatic rings. The third-order valence-corrected chi connectivity index (χ3v) is 3.74. The van der Waals surface area contributed by atoms with Crippen LogP contribution in [-0.4, -0.2) is 36.6 Å². The highest BCUT2D eigenvalue weighted by Crippen LogP contribution is 2.28. The van der Waals surface area contributed by atoms with Crippen molar-refractivity contribution in [2.45, 2.75) is 13.0 Å². The monoisotopic (exact) mass is 408 g/mol. The largest absolute Gasteiger partial charge is 0.495 e. The summed E-state index contributed by atoms with van der Waals surface area (Å²) >= 11 is 5.90. The lowest BCUT2D eigenvalue weighted by atomic mass is 10.2. The Morgan fingerprint density at radius 1 is 1.21 bits per heavy atom. The van der Waals surface area contributed by atoms with Crippen LogP contribution in [-0.2, 0) is 14.3 Å². The summed E-state index contributed by atoms with van der Waals surface area (Å²) in [5, 5.41) is 13.9. The normalized spacial score (nSPS) is 11.2. The molecular formula is C18H17ClN2O7. The highest BCUT2D eigenvalue weighted by Gasteiger charge is 2.21. The first kappa shape index (κ1) is 21.0. The molecule has 0 radical (unpaired) electrons. The van der Waals surface area contributed by atoms with Crippen LogP contribution in [0.2, 0.25) is 5.02 Å². The molecule has 0 saturated carbocycles. The molecule has 0 spiro atoms. The molecule has 0 aromatic heterocycles. The predicted molar refractivity (Wildman–Crippen MR) is 101 cm³/mol. The summed E-state index contributed by atoms with van der Waals surface area (Å²) in [4.78, 5) is 34.4. The topological polar surface area (TPSA) is 117 Å². The van der Waals surface area contributed by atoms with Crippen molar-refractivity contribution in [2.24, 2.45) is 0 Å². The number of methoxy groups -OCH3 is 1. The summed E-state index contributed by atoms with van der Waals surface area (Å²) in [6.07, 6.45) is -1.15. The van der Waals surface area contributed by atoms with Crippen molar-refractivity contribution in [3.8, 4) is 11.5 Å². The molecule has 28 heavy (non-hydrogen) atoms. The Morgan fingerprint density at radius 2 is 1.93 bits per heavy atom. The van der Waals surface area contributed by atoms with Gasteiger partial charge in [-0.1, -0.05) is 23.7 Å². The van der Waals surface area contributed by atoms with Crippen LogP contribution in [0.1, 0.15) is 6.92 Å². The van der Waals surface area contributed by atoms with Gasteiger partial charge in [0.1, 0.15) is 5.75 Å². The summed E-state index contributed by atoms with van der Waals surface area (Å²) in [6.45, 7) is 0.776. The van der Waals surface area contributed by atoms with Crippen molar-refractivity contribution >= 4 is 34.9 Å². The molecule has 10 heteroatoms. The number of esters is 1. The predicted octanol–water partition coefficient (Wildman–Crippen LogP) is 3.21. The van der Waals surface area contributed by atoms with Crippen LogP contribution < -0.4 is 14.8 Å². The first-order valence-corrected chi connectivity index (χ1v) is 8.39. The van der Waals surface area contributed by atoms with Gasteiger partial charge in [0.25, 0.3) is 5.91 Å². The van der Waals surface area contributed by atoms with E-state index in [0.29, 0.717) is 16.5 Å².